The van der Waals surface area contributed by atoms with Gasteiger partial charge in [0.15, 0.2) is 0 Å². The van der Waals surface area contributed by atoms with E-state index in [1.54, 1.807) is 0 Å². The Labute approximate surface area is 168 Å². The van der Waals surface area contributed by atoms with E-state index in [9.17, 15) is 70.7 Å². The van der Waals surface area contributed by atoms with Crippen molar-refractivity contribution in [2.45, 2.75) is 79.5 Å². The fraction of sp³-hybridized carbons (Fsp3) is 0.929. The highest BCUT2D eigenvalue weighted by Gasteiger charge is 2.94. The van der Waals surface area contributed by atoms with Gasteiger partial charge in [-0.15, -0.1) is 0 Å². The molecule has 3 N–H and O–H groups in total. The van der Waals surface area contributed by atoms with Crippen LogP contribution in [0, 0.1) is 0 Å². The highest BCUT2D eigenvalue weighted by Crippen LogP contribution is 2.62. The lowest BCUT2D eigenvalue weighted by Crippen LogP contribution is -2.74. The normalized spacial score (nSPS) is 22.6. The molecule has 2 atom stereocenters. The number of halogens is 15. The SMILES string of the molecule is NC1CCCCC1NC(=O)C(F)(F)C(F)(F)C(F)(F)C(F)(F)C(F)(F)C(F)(F)C(F)(F)F. The Morgan fingerprint density at radius 1 is 0.625 bits per heavy atom. The molecule has 0 saturated heterocycles. The van der Waals surface area contributed by atoms with Crippen molar-refractivity contribution in [3.05, 3.63) is 0 Å². The molecule has 0 heterocycles. The van der Waals surface area contributed by atoms with Gasteiger partial charge >= 0.3 is 41.7 Å². The number of nitrogens with two attached hydrogens (primary N) is 1. The molecule has 3 nitrogen and oxygen atoms in total. The zero-order chi connectivity index (χ0) is 25.8. The molecule has 1 fully saturated rings. The minimum Gasteiger partial charge on any atom is -0.346 e. The van der Waals surface area contributed by atoms with Crippen LogP contribution in [0.25, 0.3) is 0 Å². The van der Waals surface area contributed by atoms with E-state index in [-0.39, 0.29) is 19.3 Å². The maximum atomic E-state index is 13.8. The number of hydrogen-bond acceptors (Lipinski definition) is 2. The number of hydrogen-bond donors (Lipinski definition) is 2. The van der Waals surface area contributed by atoms with E-state index in [1.807, 2.05) is 0 Å². The van der Waals surface area contributed by atoms with Crippen molar-refractivity contribution in [1.29, 1.82) is 0 Å². The standard InChI is InChI=1S/C14H13F15N2O/c15-8(16,7(32)31-6-4-2-1-3-5(6)30)9(17,18)10(19,20)11(21,22)12(23,24)13(25,26)14(27,28)29/h5-6H,1-4,30H2,(H,31,32). The number of carbonyl (C=O) groups is 1. The summed E-state index contributed by atoms with van der Waals surface area (Å²) in [7, 11) is 0. The fourth-order valence-corrected chi connectivity index (χ4v) is 2.71. The van der Waals surface area contributed by atoms with E-state index in [0.29, 0.717) is 6.42 Å². The van der Waals surface area contributed by atoms with Crippen molar-refractivity contribution in [2.75, 3.05) is 0 Å². The molecule has 190 valence electrons. The second kappa shape index (κ2) is 8.00. The average molecular weight is 510 g/mol. The molecule has 18 heteroatoms. The summed E-state index contributed by atoms with van der Waals surface area (Å²) in [5.74, 6) is -51.4. The van der Waals surface area contributed by atoms with Crippen LogP contribution < -0.4 is 11.1 Å². The van der Waals surface area contributed by atoms with Crippen molar-refractivity contribution in [1.82, 2.24) is 5.32 Å². The van der Waals surface area contributed by atoms with Crippen LogP contribution in [0.5, 0.6) is 0 Å². The summed E-state index contributed by atoms with van der Waals surface area (Å²) in [6.07, 6.45) is -7.40. The Morgan fingerprint density at radius 2 is 1.00 bits per heavy atom. The smallest absolute Gasteiger partial charge is 0.346 e. The molecule has 1 rings (SSSR count). The van der Waals surface area contributed by atoms with E-state index in [2.05, 4.69) is 0 Å². The van der Waals surface area contributed by atoms with Crippen LogP contribution in [-0.2, 0) is 4.79 Å². The molecular weight excluding hydrogens is 497 g/mol. The molecule has 0 spiro atoms. The highest BCUT2D eigenvalue weighted by molar-refractivity contribution is 5.85. The molecule has 32 heavy (non-hydrogen) atoms. The van der Waals surface area contributed by atoms with E-state index >= 15 is 0 Å². The number of rotatable bonds is 7. The first-order valence-corrected chi connectivity index (χ1v) is 8.31. The van der Waals surface area contributed by atoms with Crippen LogP contribution in [0.3, 0.4) is 0 Å². The molecule has 1 saturated carbocycles. The third kappa shape index (κ3) is 3.95. The molecule has 1 aliphatic carbocycles. The summed E-state index contributed by atoms with van der Waals surface area (Å²) in [6, 6.07) is -2.75. The molecular formula is C14H13F15N2O. The second-order valence-corrected chi connectivity index (χ2v) is 6.97. The lowest BCUT2D eigenvalue weighted by molar-refractivity contribution is -0.449. The largest absolute Gasteiger partial charge is 0.460 e. The minimum atomic E-state index is -8.42. The molecule has 0 aliphatic heterocycles. The van der Waals surface area contributed by atoms with Crippen LogP contribution in [0.15, 0.2) is 0 Å². The average Bonchev–Trinajstić information content (AvgIpc) is 2.61. The summed E-state index contributed by atoms with van der Waals surface area (Å²) >= 11 is 0. The third-order valence-electron chi connectivity index (χ3n) is 4.75. The maximum Gasteiger partial charge on any atom is 0.460 e. The zero-order valence-corrected chi connectivity index (χ0v) is 15.1. The molecule has 2 unspecified atom stereocenters. The van der Waals surface area contributed by atoms with Gasteiger partial charge in [0.2, 0.25) is 0 Å². The third-order valence-corrected chi connectivity index (χ3v) is 4.75. The summed E-state index contributed by atoms with van der Waals surface area (Å²) in [5.41, 5.74) is 5.38. The second-order valence-electron chi connectivity index (χ2n) is 6.97. The van der Waals surface area contributed by atoms with E-state index < -0.39 is 59.7 Å². The number of nitrogens with one attached hydrogen (secondary N) is 1. The molecule has 0 aromatic heterocycles. The van der Waals surface area contributed by atoms with Crippen molar-refractivity contribution in [2.24, 2.45) is 5.73 Å². The van der Waals surface area contributed by atoms with Gasteiger partial charge in [0.05, 0.1) is 0 Å². The minimum absolute atomic E-state index is 0.0138. The first-order valence-electron chi connectivity index (χ1n) is 8.31. The first kappa shape index (κ1) is 28.4. The number of alkyl halides is 15. The fourth-order valence-electron chi connectivity index (χ4n) is 2.71. The molecule has 1 amide bonds. The van der Waals surface area contributed by atoms with Crippen LogP contribution in [-0.4, -0.2) is 59.7 Å². The van der Waals surface area contributed by atoms with Gasteiger partial charge in [-0.25, -0.2) is 0 Å². The Morgan fingerprint density at radius 3 is 1.41 bits per heavy atom. The van der Waals surface area contributed by atoms with E-state index in [0.717, 1.165) is 5.32 Å². The molecule has 0 radical (unpaired) electrons. The van der Waals surface area contributed by atoms with Gasteiger partial charge < -0.3 is 11.1 Å². The van der Waals surface area contributed by atoms with Crippen LogP contribution >= 0.6 is 0 Å². The van der Waals surface area contributed by atoms with E-state index in [4.69, 9.17) is 5.73 Å². The van der Waals surface area contributed by atoms with Crippen molar-refractivity contribution < 1.29 is 70.7 Å². The van der Waals surface area contributed by atoms with E-state index in [1.165, 1.54) is 0 Å². The Kier molecular flexibility index (Phi) is 7.10. The molecule has 0 bridgehead atoms. The predicted molar refractivity (Wildman–Crippen MR) is 74.1 cm³/mol. The summed E-state index contributed by atoms with van der Waals surface area (Å²) in [5, 5.41) is 1.04. The van der Waals surface area contributed by atoms with Gasteiger partial charge in [0.25, 0.3) is 5.91 Å². The van der Waals surface area contributed by atoms with Crippen LogP contribution in [0.4, 0.5) is 65.9 Å². The highest BCUT2D eigenvalue weighted by atomic mass is 19.4. The van der Waals surface area contributed by atoms with Crippen LogP contribution in [0.2, 0.25) is 0 Å². The maximum absolute atomic E-state index is 13.8. The zero-order valence-electron chi connectivity index (χ0n) is 15.1. The Bertz CT molecular complexity index is 703. The lowest BCUT2D eigenvalue weighted by atomic mass is 9.89. The lowest BCUT2D eigenvalue weighted by Gasteiger charge is -2.41. The summed E-state index contributed by atoms with van der Waals surface area (Å²) in [4.78, 5) is 11.4. The van der Waals surface area contributed by atoms with Gasteiger partial charge in [-0.1, -0.05) is 12.8 Å². The molecule has 1 aliphatic rings. The summed E-state index contributed by atoms with van der Waals surface area (Å²) in [6.45, 7) is 0. The van der Waals surface area contributed by atoms with Crippen LogP contribution in [0.1, 0.15) is 25.7 Å². The van der Waals surface area contributed by atoms with Gasteiger partial charge in [-0.05, 0) is 12.8 Å². The monoisotopic (exact) mass is 510 g/mol. The van der Waals surface area contributed by atoms with Gasteiger partial charge in [-0.3, -0.25) is 4.79 Å². The van der Waals surface area contributed by atoms with Crippen molar-refractivity contribution in [3.8, 4) is 0 Å². The number of carbonyl (C=O) groups excluding carboxylic acids is 1. The van der Waals surface area contributed by atoms with Crippen molar-refractivity contribution >= 4 is 5.91 Å². The summed E-state index contributed by atoms with van der Waals surface area (Å²) < 4.78 is 196. The Hall–Kier alpha value is -1.62. The topological polar surface area (TPSA) is 55.1 Å². The van der Waals surface area contributed by atoms with Crippen molar-refractivity contribution in [3.63, 3.8) is 0 Å². The number of amides is 1. The quantitative estimate of drug-likeness (QED) is 0.487. The molecule has 0 aromatic carbocycles. The van der Waals surface area contributed by atoms with Gasteiger partial charge in [-0.2, -0.15) is 65.9 Å². The van der Waals surface area contributed by atoms with Gasteiger partial charge in [0, 0.05) is 12.1 Å². The first-order chi connectivity index (χ1) is 13.9. The predicted octanol–water partition coefficient (Wildman–Crippen LogP) is 4.75. The molecule has 0 aromatic rings. The Balaban J connectivity index is 3.40. The van der Waals surface area contributed by atoms with Gasteiger partial charge in [0.1, 0.15) is 0 Å².